The van der Waals surface area contributed by atoms with Gasteiger partial charge in [-0.05, 0) is 160 Å². The van der Waals surface area contributed by atoms with Gasteiger partial charge < -0.3 is 14.4 Å². The Morgan fingerprint density at radius 1 is 0.262 bits per heavy atom. The number of para-hydroxylation sites is 3. The SMILES string of the molecule is [2H]c1c([2H])c([2H])c(-c2ccc3c(c2)B2c4ccc(-n5c6ccccc6c6ccccc65)cc4N(c4c(-c5ccccc5)cc(-c5ccccc5)cc4-c4ccccc4)c4cc(-c5cccc6c5C(c5ccccc5)(c5ccccc5)c5ccccc5-6)cc(c42)N3c2c(-c3ccccc3)cccc2-c2ccccc2)c([2H])c1[2H]. The number of hydrogen-bond donors (Lipinski definition) is 0. The molecule has 0 atom stereocenters. The van der Waals surface area contributed by atoms with E-state index in [0.717, 1.165) is 161 Å². The normalized spacial score (nSPS) is 13.5. The number of benzene rings is 17. The van der Waals surface area contributed by atoms with Crippen LogP contribution in [0.25, 0.3) is 117 Å². The second-order valence-corrected chi connectivity index (χ2v) is 28.1. The lowest BCUT2D eigenvalue weighted by atomic mass is 9.33. The van der Waals surface area contributed by atoms with Gasteiger partial charge in [0.05, 0.1) is 34.7 Å². The Hall–Kier alpha value is -13.8. The number of fused-ring (bicyclic) bond motifs is 10. The molecule has 0 N–H and O–H groups in total. The van der Waals surface area contributed by atoms with Gasteiger partial charge in [-0.25, -0.2) is 0 Å². The van der Waals surface area contributed by atoms with E-state index in [1.165, 1.54) is 16.7 Å². The fraction of sp³-hybridized carbons (Fsp3) is 0.00971. The van der Waals surface area contributed by atoms with E-state index in [-0.39, 0.29) is 17.6 Å². The standard InChI is InChI=1S/C103H68BN3/c1-9-33-69(34-10-1)75-59-62-95-92(65-75)104-91-61-60-80(105-93-57-29-26-50-85(93)86-51-27-30-58-94(86)105)68-96(91)107(102-88(73-41-17-5-18-42-73)63-76(70-35-11-2-12-36-70)64-89(102)74-43-19-6-20-44-74)98-67-77(66-97(100(98)104)106(95)101-82(71-37-13-3-14-38-71)53-32-54-83(101)72-39-15-4-16-40-72)81-52-31-55-87-84-49-25-28-56-90(84)103(99(81)87,78-45-21-7-22-46-78)79-47-23-8-24-48-79/h1-68H/i1D,9D,10D,33D,34D. The van der Waals surface area contributed by atoms with Crippen LogP contribution in [0.15, 0.2) is 412 Å². The van der Waals surface area contributed by atoms with E-state index in [0.29, 0.717) is 5.56 Å². The van der Waals surface area contributed by atoms with Crippen molar-refractivity contribution < 1.29 is 6.85 Å². The van der Waals surface area contributed by atoms with Gasteiger partial charge in [0.25, 0.3) is 6.71 Å². The second-order valence-electron chi connectivity index (χ2n) is 28.1. The van der Waals surface area contributed by atoms with E-state index in [1.807, 2.05) is 6.07 Å². The first-order chi connectivity index (χ1) is 55.2. The van der Waals surface area contributed by atoms with Crippen LogP contribution in [-0.2, 0) is 5.41 Å². The highest BCUT2D eigenvalue weighted by atomic mass is 15.2. The van der Waals surface area contributed by atoms with Crippen LogP contribution >= 0.6 is 0 Å². The van der Waals surface area contributed by atoms with Crippen LogP contribution in [0.4, 0.5) is 34.1 Å². The Kier molecular flexibility index (Phi) is 13.4. The predicted octanol–water partition coefficient (Wildman–Crippen LogP) is 24.9. The highest BCUT2D eigenvalue weighted by Crippen LogP contribution is 2.61. The molecule has 0 amide bonds. The number of nitrogens with zero attached hydrogens (tertiary/aromatic N) is 3. The first kappa shape index (κ1) is 56.7. The minimum absolute atomic E-state index is 0.133. The Morgan fingerprint density at radius 2 is 0.710 bits per heavy atom. The molecule has 0 spiro atoms. The zero-order chi connectivity index (χ0) is 74.9. The molecule has 2 aliphatic heterocycles. The van der Waals surface area contributed by atoms with Crippen LogP contribution in [0.2, 0.25) is 0 Å². The monoisotopic (exact) mass is 1360 g/mol. The molecule has 0 saturated carbocycles. The number of hydrogen-bond acceptors (Lipinski definition) is 2. The van der Waals surface area contributed by atoms with Gasteiger partial charge in [0.1, 0.15) is 0 Å². The summed E-state index contributed by atoms with van der Waals surface area (Å²) in [6.07, 6.45) is 0. The van der Waals surface area contributed by atoms with Gasteiger partial charge >= 0.3 is 0 Å². The summed E-state index contributed by atoms with van der Waals surface area (Å²) in [5, 5.41) is 2.29. The molecule has 0 bridgehead atoms. The molecular weight excluding hydrogens is 1290 g/mol. The quantitative estimate of drug-likeness (QED) is 0.113. The van der Waals surface area contributed by atoms with Gasteiger partial charge in [0, 0.05) is 61.5 Å². The van der Waals surface area contributed by atoms with Crippen molar-refractivity contribution in [2.75, 3.05) is 9.80 Å². The van der Waals surface area contributed by atoms with Gasteiger partial charge in [-0.1, -0.05) is 358 Å². The minimum Gasteiger partial charge on any atom is -0.310 e. The van der Waals surface area contributed by atoms with Crippen molar-refractivity contribution in [1.82, 2.24) is 4.57 Å². The molecule has 3 nitrogen and oxygen atoms in total. The molecule has 3 aliphatic rings. The summed E-state index contributed by atoms with van der Waals surface area (Å²) in [5.74, 6) is 0. The number of aromatic nitrogens is 1. The first-order valence-corrected chi connectivity index (χ1v) is 36.8. The molecule has 0 radical (unpaired) electrons. The minimum atomic E-state index is -0.815. The second kappa shape index (κ2) is 25.3. The molecule has 498 valence electrons. The predicted molar refractivity (Wildman–Crippen MR) is 450 cm³/mol. The summed E-state index contributed by atoms with van der Waals surface area (Å²) in [6.45, 7) is -0.570. The van der Waals surface area contributed by atoms with Crippen LogP contribution < -0.4 is 26.2 Å². The van der Waals surface area contributed by atoms with Crippen LogP contribution in [0.5, 0.6) is 0 Å². The summed E-state index contributed by atoms with van der Waals surface area (Å²) in [4.78, 5) is 5.14. The number of rotatable bonds is 12. The maximum absolute atomic E-state index is 9.74. The maximum atomic E-state index is 9.74. The van der Waals surface area contributed by atoms with Crippen LogP contribution in [0.1, 0.15) is 29.1 Å². The average molecular weight is 1360 g/mol. The Balaban J connectivity index is 0.984. The Morgan fingerprint density at radius 3 is 1.27 bits per heavy atom. The van der Waals surface area contributed by atoms with Crippen molar-refractivity contribution in [2.45, 2.75) is 5.41 Å². The van der Waals surface area contributed by atoms with Crippen LogP contribution in [0, 0.1) is 0 Å². The lowest BCUT2D eigenvalue weighted by Gasteiger charge is -2.46. The zero-order valence-electron chi connectivity index (χ0n) is 63.3. The van der Waals surface area contributed by atoms with Gasteiger partial charge in [-0.15, -0.1) is 0 Å². The molecule has 1 aromatic heterocycles. The average Bonchev–Trinajstić information content (AvgIpc) is 1.20. The van der Waals surface area contributed by atoms with E-state index < -0.39 is 30.3 Å². The fourth-order valence-corrected chi connectivity index (χ4v) is 18.1. The topological polar surface area (TPSA) is 11.4 Å². The highest BCUT2D eigenvalue weighted by Gasteiger charge is 2.50. The molecule has 0 saturated heterocycles. The number of anilines is 6. The van der Waals surface area contributed by atoms with E-state index >= 15 is 0 Å². The lowest BCUT2D eigenvalue weighted by molar-refractivity contribution is 0.770. The van der Waals surface area contributed by atoms with Crippen molar-refractivity contribution in [1.29, 1.82) is 0 Å². The van der Waals surface area contributed by atoms with E-state index in [2.05, 4.69) is 390 Å². The van der Waals surface area contributed by atoms with Crippen molar-refractivity contribution in [3.63, 3.8) is 0 Å². The third-order valence-corrected chi connectivity index (χ3v) is 22.5. The first-order valence-electron chi connectivity index (χ1n) is 39.3. The van der Waals surface area contributed by atoms with Gasteiger partial charge in [0.2, 0.25) is 0 Å². The smallest absolute Gasteiger partial charge is 0.252 e. The third-order valence-electron chi connectivity index (χ3n) is 22.5. The molecule has 4 heteroatoms. The van der Waals surface area contributed by atoms with Crippen LogP contribution in [0.3, 0.4) is 0 Å². The summed E-state index contributed by atoms with van der Waals surface area (Å²) in [5.41, 5.74) is 30.9. The molecule has 1 aliphatic carbocycles. The Bertz CT molecular complexity index is 6580. The van der Waals surface area contributed by atoms with Crippen molar-refractivity contribution in [3.8, 4) is 94.7 Å². The lowest BCUT2D eigenvalue weighted by Crippen LogP contribution is -2.61. The van der Waals surface area contributed by atoms with E-state index in [1.54, 1.807) is 0 Å². The molecule has 17 aromatic carbocycles. The molecule has 107 heavy (non-hydrogen) atoms. The third kappa shape index (κ3) is 9.76. The highest BCUT2D eigenvalue weighted by molar-refractivity contribution is 7.00. The largest absolute Gasteiger partial charge is 0.310 e. The van der Waals surface area contributed by atoms with Crippen LogP contribution in [-0.4, -0.2) is 11.3 Å². The molecule has 0 unspecified atom stereocenters. The fourth-order valence-electron chi connectivity index (χ4n) is 18.1. The van der Waals surface area contributed by atoms with E-state index in [4.69, 9.17) is 1.37 Å². The molecule has 0 fully saturated rings. The van der Waals surface area contributed by atoms with Crippen molar-refractivity contribution in [3.05, 3.63) is 435 Å². The van der Waals surface area contributed by atoms with Gasteiger partial charge in [0.15, 0.2) is 0 Å². The van der Waals surface area contributed by atoms with E-state index in [9.17, 15) is 5.48 Å². The summed E-state index contributed by atoms with van der Waals surface area (Å²) < 4.78 is 49.2. The molecule has 3 heterocycles. The summed E-state index contributed by atoms with van der Waals surface area (Å²) >= 11 is 0. The molecular formula is C103H68BN3. The van der Waals surface area contributed by atoms with Gasteiger partial charge in [-0.2, -0.15) is 0 Å². The molecule has 18 aromatic rings. The Labute approximate surface area is 631 Å². The summed E-state index contributed by atoms with van der Waals surface area (Å²) in [7, 11) is 0. The zero-order valence-corrected chi connectivity index (χ0v) is 58.3. The maximum Gasteiger partial charge on any atom is 0.252 e. The molecule has 21 rings (SSSR count). The van der Waals surface area contributed by atoms with Crippen molar-refractivity contribution in [2.24, 2.45) is 0 Å². The van der Waals surface area contributed by atoms with Gasteiger partial charge in [-0.3, -0.25) is 0 Å². The van der Waals surface area contributed by atoms with Crippen molar-refractivity contribution >= 4 is 79.0 Å². The summed E-state index contributed by atoms with van der Waals surface area (Å²) in [6, 6.07) is 138.